The topological polar surface area (TPSA) is 111 Å². The van der Waals surface area contributed by atoms with Gasteiger partial charge in [0, 0.05) is 0 Å². The van der Waals surface area contributed by atoms with Gasteiger partial charge in [-0.1, -0.05) is 43.7 Å². The number of benzene rings is 1. The fourth-order valence-electron chi connectivity index (χ4n) is 1.76. The molecule has 0 aliphatic heterocycles. The van der Waals surface area contributed by atoms with E-state index < -0.39 is 23.9 Å². The highest BCUT2D eigenvalue weighted by Gasteiger charge is 2.20. The Morgan fingerprint density at radius 2 is 1.91 bits per heavy atom. The molecule has 120 valence electrons. The molecular formula is C15H21N3O4. The van der Waals surface area contributed by atoms with E-state index in [0.29, 0.717) is 12.8 Å². The second-order valence-corrected chi connectivity index (χ2v) is 4.73. The van der Waals surface area contributed by atoms with Gasteiger partial charge in [0.25, 0.3) is 0 Å². The van der Waals surface area contributed by atoms with Crippen LogP contribution in [0.3, 0.4) is 0 Å². The van der Waals surface area contributed by atoms with E-state index in [2.05, 4.69) is 10.6 Å². The molecule has 0 aromatic heterocycles. The van der Waals surface area contributed by atoms with E-state index in [9.17, 15) is 14.4 Å². The molecule has 0 spiro atoms. The van der Waals surface area contributed by atoms with Crippen molar-refractivity contribution in [1.29, 1.82) is 0 Å². The van der Waals surface area contributed by atoms with Gasteiger partial charge in [0.1, 0.15) is 12.6 Å². The first-order chi connectivity index (χ1) is 10.5. The van der Waals surface area contributed by atoms with Gasteiger partial charge in [-0.3, -0.25) is 9.59 Å². The number of carbonyl (C=O) groups excluding carboxylic acids is 3. The van der Waals surface area contributed by atoms with Crippen molar-refractivity contribution in [2.45, 2.75) is 32.4 Å². The van der Waals surface area contributed by atoms with Gasteiger partial charge in [0.15, 0.2) is 0 Å². The van der Waals surface area contributed by atoms with Crippen molar-refractivity contribution in [1.82, 2.24) is 10.6 Å². The Morgan fingerprint density at radius 1 is 1.23 bits per heavy atom. The van der Waals surface area contributed by atoms with Crippen LogP contribution in [-0.4, -0.2) is 30.5 Å². The van der Waals surface area contributed by atoms with E-state index in [1.165, 1.54) is 0 Å². The molecule has 0 saturated heterocycles. The first-order valence-electron chi connectivity index (χ1n) is 7.06. The summed E-state index contributed by atoms with van der Waals surface area (Å²) >= 11 is 0. The van der Waals surface area contributed by atoms with E-state index in [-0.39, 0.29) is 13.2 Å². The van der Waals surface area contributed by atoms with Gasteiger partial charge < -0.3 is 21.1 Å². The Bertz CT molecular complexity index is 505. The molecule has 1 aromatic carbocycles. The average Bonchev–Trinajstić information content (AvgIpc) is 2.51. The van der Waals surface area contributed by atoms with Crippen LogP contribution in [0.5, 0.6) is 0 Å². The van der Waals surface area contributed by atoms with Gasteiger partial charge in [0.05, 0.1) is 6.54 Å². The lowest BCUT2D eigenvalue weighted by atomic mass is 10.1. The zero-order valence-corrected chi connectivity index (χ0v) is 12.5. The molecular weight excluding hydrogens is 286 g/mol. The predicted octanol–water partition coefficient (Wildman–Crippen LogP) is 0.683. The molecule has 1 rings (SSSR count). The Kier molecular flexibility index (Phi) is 7.45. The molecule has 0 radical (unpaired) electrons. The van der Waals surface area contributed by atoms with Crippen LogP contribution < -0.4 is 16.4 Å². The maximum absolute atomic E-state index is 11.9. The van der Waals surface area contributed by atoms with Gasteiger partial charge in [0.2, 0.25) is 11.8 Å². The number of rotatable bonds is 8. The Morgan fingerprint density at radius 3 is 2.50 bits per heavy atom. The van der Waals surface area contributed by atoms with Crippen molar-refractivity contribution in [2.75, 3.05) is 6.54 Å². The zero-order chi connectivity index (χ0) is 16.4. The smallest absolute Gasteiger partial charge is 0.408 e. The van der Waals surface area contributed by atoms with Crippen LogP contribution in [0.4, 0.5) is 4.79 Å². The summed E-state index contributed by atoms with van der Waals surface area (Å²) in [6, 6.07) is 8.45. The van der Waals surface area contributed by atoms with Gasteiger partial charge in [-0.05, 0) is 12.0 Å². The van der Waals surface area contributed by atoms with Crippen molar-refractivity contribution >= 4 is 17.9 Å². The van der Waals surface area contributed by atoms with Crippen molar-refractivity contribution in [3.05, 3.63) is 35.9 Å². The van der Waals surface area contributed by atoms with Gasteiger partial charge >= 0.3 is 6.09 Å². The maximum atomic E-state index is 11.9. The first kappa shape index (κ1) is 17.5. The molecule has 0 heterocycles. The highest BCUT2D eigenvalue weighted by Crippen LogP contribution is 2.02. The SMILES string of the molecule is CCC[C@@H](NC(=O)OCc1ccccc1)C(=O)NCC(N)=O. The Labute approximate surface area is 129 Å². The largest absolute Gasteiger partial charge is 0.445 e. The second kappa shape index (κ2) is 9.38. The van der Waals surface area contributed by atoms with Gasteiger partial charge in [-0.25, -0.2) is 4.79 Å². The third-order valence-electron chi connectivity index (χ3n) is 2.84. The minimum atomic E-state index is -0.757. The summed E-state index contributed by atoms with van der Waals surface area (Å²) < 4.78 is 5.06. The minimum absolute atomic E-state index is 0.119. The first-order valence-corrected chi connectivity index (χ1v) is 7.06. The number of hydrogen-bond acceptors (Lipinski definition) is 4. The summed E-state index contributed by atoms with van der Waals surface area (Å²) in [6.07, 6.45) is 0.440. The fourth-order valence-corrected chi connectivity index (χ4v) is 1.76. The van der Waals surface area contributed by atoms with Crippen LogP contribution in [0.2, 0.25) is 0 Å². The molecule has 7 nitrogen and oxygen atoms in total. The predicted molar refractivity (Wildman–Crippen MR) is 80.7 cm³/mol. The summed E-state index contributed by atoms with van der Waals surface area (Å²) in [7, 11) is 0. The molecule has 4 N–H and O–H groups in total. The standard InChI is InChI=1S/C15H21N3O4/c1-2-6-12(14(20)17-9-13(16)19)18-15(21)22-10-11-7-4-3-5-8-11/h3-5,7-8,12H,2,6,9-10H2,1H3,(H2,16,19)(H,17,20)(H,18,21)/t12-/m1/s1. The highest BCUT2D eigenvalue weighted by molar-refractivity contribution is 5.88. The number of carbonyl (C=O) groups is 3. The molecule has 3 amide bonds. The van der Waals surface area contributed by atoms with Crippen molar-refractivity contribution in [2.24, 2.45) is 5.73 Å². The van der Waals surface area contributed by atoms with Crippen LogP contribution in [0.25, 0.3) is 0 Å². The van der Waals surface area contributed by atoms with Crippen LogP contribution in [0.1, 0.15) is 25.3 Å². The lowest BCUT2D eigenvalue weighted by molar-refractivity contribution is -0.126. The fraction of sp³-hybridized carbons (Fsp3) is 0.400. The number of ether oxygens (including phenoxy) is 1. The monoisotopic (exact) mass is 307 g/mol. The number of nitrogens with two attached hydrogens (primary N) is 1. The average molecular weight is 307 g/mol. The molecule has 0 aliphatic rings. The summed E-state index contributed by atoms with van der Waals surface area (Å²) in [5, 5.41) is 4.85. The number of alkyl carbamates (subject to hydrolysis) is 1. The van der Waals surface area contributed by atoms with Gasteiger partial charge in [-0.15, -0.1) is 0 Å². The van der Waals surface area contributed by atoms with E-state index in [1.54, 1.807) is 0 Å². The highest BCUT2D eigenvalue weighted by atomic mass is 16.5. The molecule has 0 fully saturated rings. The molecule has 22 heavy (non-hydrogen) atoms. The molecule has 0 bridgehead atoms. The van der Waals surface area contributed by atoms with E-state index in [0.717, 1.165) is 5.56 Å². The Balaban J connectivity index is 2.45. The van der Waals surface area contributed by atoms with Crippen LogP contribution in [0.15, 0.2) is 30.3 Å². The quantitative estimate of drug-likeness (QED) is 0.656. The van der Waals surface area contributed by atoms with Crippen molar-refractivity contribution in [3.63, 3.8) is 0 Å². The van der Waals surface area contributed by atoms with Crippen molar-refractivity contribution < 1.29 is 19.1 Å². The molecule has 1 aromatic rings. The second-order valence-electron chi connectivity index (χ2n) is 4.73. The van der Waals surface area contributed by atoms with Crippen LogP contribution in [0, 0.1) is 0 Å². The number of amides is 3. The number of nitrogens with one attached hydrogen (secondary N) is 2. The maximum Gasteiger partial charge on any atom is 0.408 e. The molecule has 0 unspecified atom stereocenters. The summed E-state index contributed by atoms with van der Waals surface area (Å²) in [4.78, 5) is 34.3. The third kappa shape index (κ3) is 6.74. The summed E-state index contributed by atoms with van der Waals surface area (Å²) in [5.41, 5.74) is 5.81. The lowest BCUT2D eigenvalue weighted by Crippen LogP contribution is -2.48. The van der Waals surface area contributed by atoms with E-state index in [1.807, 2.05) is 37.3 Å². The molecule has 7 heteroatoms. The molecule has 0 saturated carbocycles. The van der Waals surface area contributed by atoms with Crippen LogP contribution in [-0.2, 0) is 20.9 Å². The number of hydrogen-bond donors (Lipinski definition) is 3. The normalized spacial score (nSPS) is 11.3. The minimum Gasteiger partial charge on any atom is -0.445 e. The number of primary amides is 1. The summed E-state index contributed by atoms with van der Waals surface area (Å²) in [6.45, 7) is 1.74. The summed E-state index contributed by atoms with van der Waals surface area (Å²) in [5.74, 6) is -1.10. The molecule has 0 aliphatic carbocycles. The Hall–Kier alpha value is -2.57. The lowest BCUT2D eigenvalue weighted by Gasteiger charge is -2.17. The zero-order valence-electron chi connectivity index (χ0n) is 12.5. The van der Waals surface area contributed by atoms with Gasteiger partial charge in [-0.2, -0.15) is 0 Å². The third-order valence-corrected chi connectivity index (χ3v) is 2.84. The van der Waals surface area contributed by atoms with E-state index in [4.69, 9.17) is 10.5 Å². The van der Waals surface area contributed by atoms with Crippen molar-refractivity contribution in [3.8, 4) is 0 Å². The van der Waals surface area contributed by atoms with E-state index >= 15 is 0 Å². The molecule has 1 atom stereocenters. The van der Waals surface area contributed by atoms with Crippen LogP contribution >= 0.6 is 0 Å².